The molecule has 148 valence electrons. The van der Waals surface area contributed by atoms with Crippen LogP contribution in [0.1, 0.15) is 17.4 Å². The Hall–Kier alpha value is -3.45. The van der Waals surface area contributed by atoms with E-state index in [2.05, 4.69) is 16.8 Å². The third-order valence-electron chi connectivity index (χ3n) is 4.62. The molecule has 2 aromatic carbocycles. The molecule has 2 heterocycles. The van der Waals surface area contributed by atoms with E-state index in [-0.39, 0.29) is 6.04 Å². The van der Waals surface area contributed by atoms with Gasteiger partial charge in [-0.1, -0.05) is 24.3 Å². The highest BCUT2D eigenvalue weighted by atomic mass is 32.1. The maximum absolute atomic E-state index is 5.70. The molecule has 0 amide bonds. The quantitative estimate of drug-likeness (QED) is 0.600. The molecule has 29 heavy (non-hydrogen) atoms. The predicted octanol–water partition coefficient (Wildman–Crippen LogP) is 4.60. The number of anilines is 1. The van der Waals surface area contributed by atoms with Crippen LogP contribution in [0.3, 0.4) is 0 Å². The van der Waals surface area contributed by atoms with Crippen LogP contribution in [0, 0.1) is 0 Å². The second kappa shape index (κ2) is 8.28. The Kier molecular flexibility index (Phi) is 5.39. The standard InChI is InChI=1S/C22H21N3O3S/c1-26-20-11-10-15(13-21(20)27-2)18-14-17(19-9-6-12-28-19)24-25(18)22(29)23-16-7-4-3-5-8-16/h3-14,18,24H,1-2H3,(H,23,29)/t18-/m1/s1. The van der Waals surface area contributed by atoms with E-state index in [1.54, 1.807) is 20.5 Å². The van der Waals surface area contributed by atoms with Crippen LogP contribution >= 0.6 is 12.2 Å². The Morgan fingerprint density at radius 1 is 1.03 bits per heavy atom. The molecule has 0 radical (unpaired) electrons. The zero-order valence-corrected chi connectivity index (χ0v) is 16.9. The summed E-state index contributed by atoms with van der Waals surface area (Å²) in [6, 6.07) is 19.2. The van der Waals surface area contributed by atoms with Crippen molar-refractivity contribution in [2.24, 2.45) is 0 Å². The van der Waals surface area contributed by atoms with Crippen molar-refractivity contribution in [1.82, 2.24) is 10.4 Å². The Morgan fingerprint density at radius 3 is 2.52 bits per heavy atom. The molecular weight excluding hydrogens is 386 g/mol. The first kappa shape index (κ1) is 18.9. The van der Waals surface area contributed by atoms with Crippen molar-refractivity contribution >= 4 is 28.7 Å². The third-order valence-corrected chi connectivity index (χ3v) is 4.92. The molecule has 1 atom stereocenters. The van der Waals surface area contributed by atoms with Crippen molar-refractivity contribution in [2.45, 2.75) is 6.04 Å². The molecule has 0 aliphatic carbocycles. The van der Waals surface area contributed by atoms with Crippen LogP contribution in [0.4, 0.5) is 5.69 Å². The second-order valence-electron chi connectivity index (χ2n) is 6.39. The maximum atomic E-state index is 5.70. The van der Waals surface area contributed by atoms with Crippen molar-refractivity contribution in [3.8, 4) is 11.5 Å². The number of para-hydroxylation sites is 1. The predicted molar refractivity (Wildman–Crippen MR) is 117 cm³/mol. The van der Waals surface area contributed by atoms with Crippen LogP contribution in [0.25, 0.3) is 5.70 Å². The van der Waals surface area contributed by atoms with Crippen LogP contribution in [0.15, 0.2) is 77.4 Å². The van der Waals surface area contributed by atoms with Gasteiger partial charge in [0.2, 0.25) is 0 Å². The van der Waals surface area contributed by atoms with Crippen molar-refractivity contribution in [3.63, 3.8) is 0 Å². The molecule has 6 nitrogen and oxygen atoms in total. The fraction of sp³-hybridized carbons (Fsp3) is 0.136. The second-order valence-corrected chi connectivity index (χ2v) is 6.78. The lowest BCUT2D eigenvalue weighted by atomic mass is 10.1. The number of thiocarbonyl (C=S) groups is 1. The van der Waals surface area contributed by atoms with E-state index >= 15 is 0 Å². The van der Waals surface area contributed by atoms with Gasteiger partial charge in [0.15, 0.2) is 22.4 Å². The minimum absolute atomic E-state index is 0.168. The van der Waals surface area contributed by atoms with Gasteiger partial charge < -0.3 is 19.2 Å². The van der Waals surface area contributed by atoms with E-state index in [0.717, 1.165) is 22.7 Å². The number of nitrogens with zero attached hydrogens (tertiary/aromatic N) is 1. The molecule has 4 rings (SSSR count). The molecule has 1 aliphatic rings. The van der Waals surface area contributed by atoms with Crippen molar-refractivity contribution in [1.29, 1.82) is 0 Å². The van der Waals surface area contributed by atoms with Gasteiger partial charge in [0.1, 0.15) is 0 Å². The van der Waals surface area contributed by atoms with Gasteiger partial charge in [-0.25, -0.2) is 0 Å². The van der Waals surface area contributed by atoms with E-state index < -0.39 is 0 Å². The summed E-state index contributed by atoms with van der Waals surface area (Å²) in [6.45, 7) is 0. The number of ether oxygens (including phenoxy) is 2. The highest BCUT2D eigenvalue weighted by Crippen LogP contribution is 2.36. The van der Waals surface area contributed by atoms with Crippen molar-refractivity contribution < 1.29 is 13.9 Å². The lowest BCUT2D eigenvalue weighted by molar-refractivity contribution is 0.338. The maximum Gasteiger partial charge on any atom is 0.193 e. The van der Waals surface area contributed by atoms with Crippen LogP contribution in [-0.2, 0) is 0 Å². The van der Waals surface area contributed by atoms with Gasteiger partial charge in [0.05, 0.1) is 32.2 Å². The fourth-order valence-corrected chi connectivity index (χ4v) is 3.48. The Morgan fingerprint density at radius 2 is 1.83 bits per heavy atom. The number of benzene rings is 2. The van der Waals surface area contributed by atoms with Gasteiger partial charge >= 0.3 is 0 Å². The first-order valence-electron chi connectivity index (χ1n) is 9.09. The van der Waals surface area contributed by atoms with Crippen LogP contribution in [-0.4, -0.2) is 24.3 Å². The minimum Gasteiger partial charge on any atom is -0.493 e. The summed E-state index contributed by atoms with van der Waals surface area (Å²) in [6.07, 6.45) is 3.71. The van der Waals surface area contributed by atoms with E-state index in [4.69, 9.17) is 26.1 Å². The summed E-state index contributed by atoms with van der Waals surface area (Å²) in [4.78, 5) is 0. The number of methoxy groups -OCH3 is 2. The van der Waals surface area contributed by atoms with Gasteiger partial charge in [-0.15, -0.1) is 0 Å². The molecule has 2 N–H and O–H groups in total. The molecule has 1 aliphatic heterocycles. The van der Waals surface area contributed by atoms with Gasteiger partial charge in [0, 0.05) is 5.69 Å². The molecule has 3 aromatic rings. The SMILES string of the molecule is COc1ccc([C@H]2C=C(c3ccco3)NN2C(=S)Nc2ccccc2)cc1OC. The Balaban J connectivity index is 1.67. The largest absolute Gasteiger partial charge is 0.493 e. The molecule has 0 bridgehead atoms. The number of nitrogens with one attached hydrogen (secondary N) is 2. The lowest BCUT2D eigenvalue weighted by Crippen LogP contribution is -2.42. The van der Waals surface area contributed by atoms with Crippen molar-refractivity contribution in [3.05, 3.63) is 84.3 Å². The van der Waals surface area contributed by atoms with Crippen LogP contribution in [0.5, 0.6) is 11.5 Å². The van der Waals surface area contributed by atoms with Crippen molar-refractivity contribution in [2.75, 3.05) is 19.5 Å². The third kappa shape index (κ3) is 3.90. The normalized spacial score (nSPS) is 15.4. The minimum atomic E-state index is -0.168. The molecule has 0 saturated heterocycles. The highest BCUT2D eigenvalue weighted by Gasteiger charge is 2.30. The summed E-state index contributed by atoms with van der Waals surface area (Å²) in [5, 5.41) is 5.70. The number of hydrogen-bond donors (Lipinski definition) is 2. The van der Waals surface area contributed by atoms with E-state index in [1.165, 1.54) is 0 Å². The smallest absolute Gasteiger partial charge is 0.193 e. The molecule has 7 heteroatoms. The topological polar surface area (TPSA) is 58.9 Å². The zero-order valence-electron chi connectivity index (χ0n) is 16.1. The first-order chi connectivity index (χ1) is 14.2. The number of hydrazine groups is 1. The van der Waals surface area contributed by atoms with Gasteiger partial charge in [0.25, 0.3) is 0 Å². The van der Waals surface area contributed by atoms with E-state index in [9.17, 15) is 0 Å². The van der Waals surface area contributed by atoms with Gasteiger partial charge in [-0.05, 0) is 60.3 Å². The van der Waals surface area contributed by atoms with E-state index in [1.807, 2.05) is 65.7 Å². The lowest BCUT2D eigenvalue weighted by Gasteiger charge is -2.28. The number of furan rings is 1. The van der Waals surface area contributed by atoms with Gasteiger partial charge in [-0.2, -0.15) is 0 Å². The average Bonchev–Trinajstić information content (AvgIpc) is 3.44. The van der Waals surface area contributed by atoms with Gasteiger partial charge in [-0.3, -0.25) is 10.4 Å². The molecular formula is C22H21N3O3S. The summed E-state index contributed by atoms with van der Waals surface area (Å²) in [5.41, 5.74) is 6.10. The molecule has 0 fully saturated rings. The summed E-state index contributed by atoms with van der Waals surface area (Å²) in [7, 11) is 3.24. The number of rotatable bonds is 5. The zero-order chi connectivity index (χ0) is 20.2. The van der Waals surface area contributed by atoms with E-state index in [0.29, 0.717) is 16.6 Å². The van der Waals surface area contributed by atoms with Crippen LogP contribution in [0.2, 0.25) is 0 Å². The molecule has 0 spiro atoms. The Bertz CT molecular complexity index is 1020. The highest BCUT2D eigenvalue weighted by molar-refractivity contribution is 7.80. The first-order valence-corrected chi connectivity index (χ1v) is 9.50. The average molecular weight is 407 g/mol. The monoisotopic (exact) mass is 407 g/mol. The summed E-state index contributed by atoms with van der Waals surface area (Å²) < 4.78 is 16.4. The van der Waals surface area contributed by atoms with Crippen LogP contribution < -0.4 is 20.2 Å². The summed E-state index contributed by atoms with van der Waals surface area (Å²) >= 11 is 5.70. The molecule has 1 aromatic heterocycles. The summed E-state index contributed by atoms with van der Waals surface area (Å²) in [5.74, 6) is 2.07. The molecule has 0 saturated carbocycles. The molecule has 0 unspecified atom stereocenters. The number of hydrogen-bond acceptors (Lipinski definition) is 5. The Labute approximate surface area is 174 Å². The fourth-order valence-electron chi connectivity index (χ4n) is 3.20.